The number of hydrogen-bond donors (Lipinski definition) is 0. The van der Waals surface area contributed by atoms with Gasteiger partial charge in [0.1, 0.15) is 11.8 Å². The van der Waals surface area contributed by atoms with Gasteiger partial charge >= 0.3 is 21.6 Å². The first-order valence-electron chi connectivity index (χ1n) is 6.49. The fraction of sp³-hybridized carbons (Fsp3) is 0.500. The summed E-state index contributed by atoms with van der Waals surface area (Å²) < 4.78 is 68.6. The molecule has 23 heavy (non-hydrogen) atoms. The van der Waals surface area contributed by atoms with Gasteiger partial charge in [-0.3, -0.25) is 9.36 Å². The molecule has 0 saturated heterocycles. The third-order valence-corrected chi connectivity index (χ3v) is 4.13. The highest BCUT2D eigenvalue weighted by molar-refractivity contribution is 7.88. The summed E-state index contributed by atoms with van der Waals surface area (Å²) in [7, 11) is -5.86. The monoisotopic (exact) mass is 355 g/mol. The number of carbonyl (C=O) groups excluding carboxylic acids is 1. The average Bonchev–Trinajstić information content (AvgIpc) is 2.81. The van der Waals surface area contributed by atoms with E-state index >= 15 is 0 Å². The molecular formula is C12H12F3NO6S. The molecule has 1 aromatic rings. The summed E-state index contributed by atoms with van der Waals surface area (Å²) in [6, 6.07) is 0.694. The predicted molar refractivity (Wildman–Crippen MR) is 70.3 cm³/mol. The maximum Gasteiger partial charge on any atom is 0.534 e. The Morgan fingerprint density at radius 2 is 2.04 bits per heavy atom. The number of aryl methyl sites for hydroxylation is 1. The van der Waals surface area contributed by atoms with Gasteiger partial charge in [-0.05, 0) is 19.8 Å². The molecule has 0 saturated carbocycles. The van der Waals surface area contributed by atoms with Crippen LogP contribution in [0.5, 0.6) is 5.75 Å². The number of fused-ring (bicyclic) bond motifs is 1. The van der Waals surface area contributed by atoms with E-state index in [1.807, 2.05) is 0 Å². The van der Waals surface area contributed by atoms with Gasteiger partial charge in [0.2, 0.25) is 0 Å². The highest BCUT2D eigenvalue weighted by atomic mass is 32.2. The lowest BCUT2D eigenvalue weighted by Crippen LogP contribution is -2.31. The van der Waals surface area contributed by atoms with E-state index in [2.05, 4.69) is 4.18 Å². The van der Waals surface area contributed by atoms with Crippen molar-refractivity contribution in [3.63, 3.8) is 0 Å². The van der Waals surface area contributed by atoms with Crippen molar-refractivity contribution in [2.45, 2.75) is 31.3 Å². The molecule has 0 spiro atoms. The Bertz CT molecular complexity index is 783. The maximum atomic E-state index is 12.3. The van der Waals surface area contributed by atoms with Crippen LogP contribution in [0.4, 0.5) is 13.2 Å². The van der Waals surface area contributed by atoms with Gasteiger partial charge in [0, 0.05) is 17.8 Å². The van der Waals surface area contributed by atoms with Crippen molar-refractivity contribution in [3.8, 4) is 5.75 Å². The van der Waals surface area contributed by atoms with E-state index < -0.39 is 38.9 Å². The number of carbonyl (C=O) groups is 1. The van der Waals surface area contributed by atoms with Gasteiger partial charge in [-0.15, -0.1) is 0 Å². The first-order chi connectivity index (χ1) is 10.6. The highest BCUT2D eigenvalue weighted by Crippen LogP contribution is 2.30. The van der Waals surface area contributed by atoms with Crippen LogP contribution in [0.3, 0.4) is 0 Å². The summed E-state index contributed by atoms with van der Waals surface area (Å²) >= 11 is 0. The second kappa shape index (κ2) is 5.87. The second-order valence-electron chi connectivity index (χ2n) is 4.68. The van der Waals surface area contributed by atoms with Crippen LogP contribution in [0.15, 0.2) is 16.9 Å². The van der Waals surface area contributed by atoms with E-state index in [1.54, 1.807) is 6.92 Å². The molecule has 7 nitrogen and oxygen atoms in total. The zero-order chi connectivity index (χ0) is 17.4. The Labute approximate surface area is 128 Å². The van der Waals surface area contributed by atoms with Crippen molar-refractivity contribution in [1.29, 1.82) is 0 Å². The molecule has 2 rings (SSSR count). The molecule has 0 amide bonds. The van der Waals surface area contributed by atoms with Crippen LogP contribution < -0.4 is 9.74 Å². The number of hydrogen-bond acceptors (Lipinski definition) is 6. The van der Waals surface area contributed by atoms with Gasteiger partial charge in [0.05, 0.1) is 6.61 Å². The van der Waals surface area contributed by atoms with E-state index in [1.165, 1.54) is 0 Å². The summed E-state index contributed by atoms with van der Waals surface area (Å²) in [6.07, 6.45) is 0.422. The van der Waals surface area contributed by atoms with Crippen molar-refractivity contribution >= 4 is 16.1 Å². The minimum absolute atomic E-state index is 0.116. The Kier molecular flexibility index (Phi) is 4.42. The number of alkyl halides is 3. The molecule has 0 aliphatic carbocycles. The number of nitrogens with zero attached hydrogens (tertiary/aromatic N) is 1. The van der Waals surface area contributed by atoms with Gasteiger partial charge in [-0.1, -0.05) is 0 Å². The van der Waals surface area contributed by atoms with Gasteiger partial charge in [0.15, 0.2) is 0 Å². The largest absolute Gasteiger partial charge is 0.534 e. The van der Waals surface area contributed by atoms with Crippen LogP contribution >= 0.6 is 0 Å². The number of esters is 1. The number of aromatic nitrogens is 1. The molecular weight excluding hydrogens is 343 g/mol. The SMILES string of the molecule is CCOC(=O)C1CCc2cc(OS(=O)(=O)C(F)(F)F)cc(=O)n21. The third kappa shape index (κ3) is 3.33. The number of ether oxygens (including phenoxy) is 1. The summed E-state index contributed by atoms with van der Waals surface area (Å²) in [5.41, 5.74) is -6.25. The number of pyridine rings is 1. The lowest BCUT2D eigenvalue weighted by molar-refractivity contribution is -0.147. The molecule has 0 fully saturated rings. The molecule has 0 N–H and O–H groups in total. The van der Waals surface area contributed by atoms with Crippen LogP contribution in [0.2, 0.25) is 0 Å². The molecule has 0 bridgehead atoms. The lowest BCUT2D eigenvalue weighted by Gasteiger charge is -2.14. The lowest BCUT2D eigenvalue weighted by atomic mass is 10.2. The predicted octanol–water partition coefficient (Wildman–Crippen LogP) is 1.13. The average molecular weight is 355 g/mol. The molecule has 1 unspecified atom stereocenters. The first kappa shape index (κ1) is 17.3. The van der Waals surface area contributed by atoms with Crippen molar-refractivity contribution in [2.24, 2.45) is 0 Å². The van der Waals surface area contributed by atoms with Crippen LogP contribution in [0.25, 0.3) is 0 Å². The highest BCUT2D eigenvalue weighted by Gasteiger charge is 2.48. The summed E-state index contributed by atoms with van der Waals surface area (Å²) in [5, 5.41) is 0. The molecule has 2 heterocycles. The fourth-order valence-electron chi connectivity index (χ4n) is 2.25. The second-order valence-corrected chi connectivity index (χ2v) is 6.22. The minimum atomic E-state index is -5.86. The number of rotatable bonds is 4. The molecule has 1 aliphatic heterocycles. The summed E-state index contributed by atoms with van der Waals surface area (Å²) in [6.45, 7) is 1.71. The summed E-state index contributed by atoms with van der Waals surface area (Å²) in [4.78, 5) is 23.7. The molecule has 0 aromatic carbocycles. The topological polar surface area (TPSA) is 91.7 Å². The van der Waals surface area contributed by atoms with Gasteiger partial charge < -0.3 is 8.92 Å². The van der Waals surface area contributed by atoms with Crippen molar-refractivity contribution in [3.05, 3.63) is 28.2 Å². The van der Waals surface area contributed by atoms with Crippen LogP contribution in [-0.4, -0.2) is 31.1 Å². The van der Waals surface area contributed by atoms with E-state index in [9.17, 15) is 31.2 Å². The van der Waals surface area contributed by atoms with Crippen molar-refractivity contribution < 1.29 is 35.3 Å². The Hall–Kier alpha value is -2.04. The fourth-order valence-corrected chi connectivity index (χ4v) is 2.70. The van der Waals surface area contributed by atoms with Crippen LogP contribution in [0.1, 0.15) is 25.1 Å². The number of halogens is 3. The first-order valence-corrected chi connectivity index (χ1v) is 7.90. The molecule has 11 heteroatoms. The van der Waals surface area contributed by atoms with Crippen LogP contribution in [0, 0.1) is 0 Å². The minimum Gasteiger partial charge on any atom is -0.464 e. The quantitative estimate of drug-likeness (QED) is 0.457. The molecule has 1 aliphatic rings. The zero-order valence-corrected chi connectivity index (χ0v) is 12.6. The van der Waals surface area contributed by atoms with Gasteiger partial charge in [0.25, 0.3) is 5.56 Å². The maximum absolute atomic E-state index is 12.3. The third-order valence-electron chi connectivity index (χ3n) is 3.16. The van der Waals surface area contributed by atoms with E-state index in [-0.39, 0.29) is 25.1 Å². The van der Waals surface area contributed by atoms with E-state index in [0.29, 0.717) is 6.07 Å². The molecule has 1 atom stereocenters. The normalized spacial score (nSPS) is 17.7. The Morgan fingerprint density at radius 3 is 2.61 bits per heavy atom. The molecule has 1 aromatic heterocycles. The van der Waals surface area contributed by atoms with Gasteiger partial charge in [-0.25, -0.2) is 4.79 Å². The molecule has 128 valence electrons. The van der Waals surface area contributed by atoms with Crippen molar-refractivity contribution in [1.82, 2.24) is 4.57 Å². The van der Waals surface area contributed by atoms with Crippen molar-refractivity contribution in [2.75, 3.05) is 6.61 Å². The standard InChI is InChI=1S/C12H12F3NO6S/c1-2-21-11(18)9-4-3-7-5-8(6-10(17)16(7)9)22-23(19,20)12(13,14)15/h5-6,9H,2-4H2,1H3. The van der Waals surface area contributed by atoms with Crippen LogP contribution in [-0.2, 0) is 26.1 Å². The Balaban J connectivity index is 2.36. The zero-order valence-electron chi connectivity index (χ0n) is 11.8. The summed E-state index contributed by atoms with van der Waals surface area (Å²) in [5.74, 6) is -1.38. The van der Waals surface area contributed by atoms with E-state index in [0.717, 1.165) is 10.6 Å². The van der Waals surface area contributed by atoms with E-state index in [4.69, 9.17) is 4.74 Å². The van der Waals surface area contributed by atoms with Gasteiger partial charge in [-0.2, -0.15) is 21.6 Å². The molecule has 0 radical (unpaired) electrons. The smallest absolute Gasteiger partial charge is 0.464 e. The Morgan fingerprint density at radius 1 is 1.39 bits per heavy atom.